The number of cyclic esters (lactones) is 1. The van der Waals surface area contributed by atoms with Gasteiger partial charge >= 0.3 is 12.1 Å². The van der Waals surface area contributed by atoms with E-state index >= 15 is 0 Å². The van der Waals surface area contributed by atoms with Crippen LogP contribution in [0.25, 0.3) is 10.4 Å². The van der Waals surface area contributed by atoms with Gasteiger partial charge in [-0.25, -0.2) is 4.79 Å². The van der Waals surface area contributed by atoms with E-state index in [1.807, 2.05) is 152 Å². The first-order valence-corrected chi connectivity index (χ1v) is 19.4. The highest BCUT2D eigenvalue weighted by Crippen LogP contribution is 2.37. The van der Waals surface area contributed by atoms with Crippen LogP contribution in [0, 0.1) is 5.92 Å². The average molecular weight is 779 g/mol. The van der Waals surface area contributed by atoms with Gasteiger partial charge in [-0.1, -0.05) is 157 Å². The van der Waals surface area contributed by atoms with E-state index in [9.17, 15) is 19.2 Å². The highest BCUT2D eigenvalue weighted by atomic mass is 16.6. The number of azide groups is 1. The average Bonchev–Trinajstić information content (AvgIpc) is 3.64. The van der Waals surface area contributed by atoms with E-state index in [2.05, 4.69) is 26.0 Å². The highest BCUT2D eigenvalue weighted by Gasteiger charge is 2.42. The largest absolute Gasteiger partial charge is 0.460 e. The lowest BCUT2D eigenvalue weighted by molar-refractivity contribution is -0.146. The van der Waals surface area contributed by atoms with Crippen LogP contribution in [0.15, 0.2) is 157 Å². The first kappa shape index (κ1) is 40.7. The van der Waals surface area contributed by atoms with Crippen molar-refractivity contribution in [3.63, 3.8) is 0 Å². The SMILES string of the molecule is [N-]=[N+]=NCCC[C@@H]1C[C@@H]([C@H](Cc2ccccc2)NC(=O)[C@H](CC(=O)NC(c2ccccc2)(c2ccccc2)c2ccccc2)NC(=O)OCc2ccccc2)OC1=O. The van der Waals surface area contributed by atoms with Gasteiger partial charge in [-0.2, -0.15) is 0 Å². The summed E-state index contributed by atoms with van der Waals surface area (Å²) >= 11 is 0. The molecule has 4 atom stereocenters. The van der Waals surface area contributed by atoms with Crippen molar-refractivity contribution in [2.24, 2.45) is 11.0 Å². The molecular formula is C46H46N6O6. The molecule has 1 aliphatic rings. The van der Waals surface area contributed by atoms with Crippen molar-refractivity contribution in [3.8, 4) is 0 Å². The molecule has 0 saturated carbocycles. The normalized spacial score (nSPS) is 15.8. The number of nitrogens with one attached hydrogen (secondary N) is 3. The molecule has 6 rings (SSSR count). The van der Waals surface area contributed by atoms with E-state index in [4.69, 9.17) is 15.0 Å². The molecule has 0 aromatic heterocycles. The summed E-state index contributed by atoms with van der Waals surface area (Å²) in [6, 6.07) is 45.2. The number of carbonyl (C=O) groups is 4. The standard InChI is InChI=1S/C46H46N6O6/c47-52-48-28-16-21-35-30-41(58-44(35)55)39(29-33-17-6-1-7-18-33)49-43(54)40(50-45(56)57-32-34-19-8-2-9-20-34)31-42(53)51-46(36-22-10-3-11-23-36,37-24-12-4-13-25-37)38-26-14-5-15-27-38/h1-15,17-20,22-27,35,39-41H,16,21,28-32H2,(H,49,54)(H,50,56)(H,51,53)/t35-,39+,40+,41+/m1/s1. The van der Waals surface area contributed by atoms with Gasteiger partial charge in [-0.15, -0.1) is 0 Å². The number of esters is 1. The molecule has 5 aromatic rings. The summed E-state index contributed by atoms with van der Waals surface area (Å²) in [5.74, 6) is -2.01. The second kappa shape index (κ2) is 20.3. The number of amides is 3. The summed E-state index contributed by atoms with van der Waals surface area (Å²) in [6.07, 6.45) is -0.416. The maximum atomic E-state index is 14.5. The number of carbonyl (C=O) groups excluding carboxylic acids is 4. The molecule has 296 valence electrons. The van der Waals surface area contributed by atoms with Gasteiger partial charge in [0.15, 0.2) is 0 Å². The maximum Gasteiger partial charge on any atom is 0.408 e. The number of benzene rings is 5. The summed E-state index contributed by atoms with van der Waals surface area (Å²) in [7, 11) is 0. The summed E-state index contributed by atoms with van der Waals surface area (Å²) in [4.78, 5) is 58.2. The number of rotatable bonds is 18. The van der Waals surface area contributed by atoms with Gasteiger partial charge in [-0.3, -0.25) is 14.4 Å². The van der Waals surface area contributed by atoms with Crippen LogP contribution in [0.3, 0.4) is 0 Å². The Balaban J connectivity index is 1.29. The first-order valence-electron chi connectivity index (χ1n) is 19.4. The highest BCUT2D eigenvalue weighted by molar-refractivity contribution is 5.92. The van der Waals surface area contributed by atoms with Crippen LogP contribution >= 0.6 is 0 Å². The third kappa shape index (κ3) is 10.7. The Bertz CT molecular complexity index is 2060. The smallest absolute Gasteiger partial charge is 0.408 e. The molecule has 0 radical (unpaired) electrons. The molecule has 3 N–H and O–H groups in total. The summed E-state index contributed by atoms with van der Waals surface area (Å²) < 4.78 is 11.4. The lowest BCUT2D eigenvalue weighted by Crippen LogP contribution is -2.56. The Hall–Kier alpha value is -6.91. The number of alkyl carbamates (subject to hydrolysis) is 1. The predicted molar refractivity (Wildman–Crippen MR) is 219 cm³/mol. The van der Waals surface area contributed by atoms with Crippen molar-refractivity contribution in [2.75, 3.05) is 6.54 Å². The van der Waals surface area contributed by atoms with Gasteiger partial charge < -0.3 is 25.4 Å². The van der Waals surface area contributed by atoms with Crippen molar-refractivity contribution < 1.29 is 28.7 Å². The van der Waals surface area contributed by atoms with Gasteiger partial charge in [0.05, 0.1) is 18.4 Å². The van der Waals surface area contributed by atoms with Crippen LogP contribution in [0.4, 0.5) is 4.79 Å². The topological polar surface area (TPSA) is 172 Å². The Morgan fingerprint density at radius 1 is 0.759 bits per heavy atom. The Morgan fingerprint density at radius 3 is 1.81 bits per heavy atom. The van der Waals surface area contributed by atoms with Gasteiger partial charge in [0, 0.05) is 11.5 Å². The maximum absolute atomic E-state index is 14.5. The molecule has 0 bridgehead atoms. The molecule has 1 heterocycles. The zero-order valence-corrected chi connectivity index (χ0v) is 32.0. The van der Waals surface area contributed by atoms with E-state index in [-0.39, 0.29) is 13.2 Å². The lowest BCUT2D eigenvalue weighted by atomic mass is 9.77. The minimum Gasteiger partial charge on any atom is -0.460 e. The van der Waals surface area contributed by atoms with Gasteiger partial charge in [-0.05, 0) is 59.0 Å². The van der Waals surface area contributed by atoms with Gasteiger partial charge in [0.25, 0.3) is 0 Å². The third-order valence-electron chi connectivity index (χ3n) is 10.2. The number of ether oxygens (including phenoxy) is 2. The molecule has 5 aromatic carbocycles. The van der Waals surface area contributed by atoms with Crippen LogP contribution in [-0.2, 0) is 42.4 Å². The molecule has 0 unspecified atom stereocenters. The molecule has 1 fully saturated rings. The molecular weight excluding hydrogens is 733 g/mol. The third-order valence-corrected chi connectivity index (χ3v) is 10.2. The van der Waals surface area contributed by atoms with Crippen molar-refractivity contribution in [2.45, 2.75) is 62.4 Å². The van der Waals surface area contributed by atoms with E-state index in [1.54, 1.807) is 0 Å². The first-order chi connectivity index (χ1) is 28.4. The molecule has 58 heavy (non-hydrogen) atoms. The van der Waals surface area contributed by atoms with Crippen LogP contribution in [0.5, 0.6) is 0 Å². The van der Waals surface area contributed by atoms with E-state index in [1.165, 1.54) is 0 Å². The van der Waals surface area contributed by atoms with Crippen molar-refractivity contribution >= 4 is 23.9 Å². The van der Waals surface area contributed by atoms with Crippen molar-refractivity contribution in [1.82, 2.24) is 16.0 Å². The monoisotopic (exact) mass is 778 g/mol. The minimum atomic E-state index is -1.39. The van der Waals surface area contributed by atoms with Gasteiger partial charge in [0.1, 0.15) is 24.3 Å². The quantitative estimate of drug-likeness (QED) is 0.0207. The zero-order chi connectivity index (χ0) is 40.6. The fraction of sp³-hybridized carbons (Fsp3) is 0.261. The molecule has 1 aliphatic heterocycles. The molecule has 1 saturated heterocycles. The number of hydrogen-bond acceptors (Lipinski definition) is 7. The molecule has 12 nitrogen and oxygen atoms in total. The van der Waals surface area contributed by atoms with Crippen LogP contribution < -0.4 is 16.0 Å². The fourth-order valence-electron chi connectivity index (χ4n) is 7.38. The van der Waals surface area contributed by atoms with E-state index in [0.717, 1.165) is 27.8 Å². The number of nitrogens with zero attached hydrogens (tertiary/aromatic N) is 3. The van der Waals surface area contributed by atoms with Gasteiger partial charge in [0.2, 0.25) is 11.8 Å². The van der Waals surface area contributed by atoms with Crippen molar-refractivity contribution in [3.05, 3.63) is 190 Å². The lowest BCUT2D eigenvalue weighted by Gasteiger charge is -2.37. The van der Waals surface area contributed by atoms with E-state index < -0.39 is 59.9 Å². The predicted octanol–water partition coefficient (Wildman–Crippen LogP) is 7.53. The second-order valence-corrected chi connectivity index (χ2v) is 14.2. The van der Waals surface area contributed by atoms with Crippen LogP contribution in [0.1, 0.15) is 53.5 Å². The van der Waals surface area contributed by atoms with E-state index in [0.29, 0.717) is 25.7 Å². The zero-order valence-electron chi connectivity index (χ0n) is 32.0. The fourth-order valence-corrected chi connectivity index (χ4v) is 7.38. The Morgan fingerprint density at radius 2 is 1.28 bits per heavy atom. The molecule has 3 amide bonds. The molecule has 12 heteroatoms. The van der Waals surface area contributed by atoms with Crippen LogP contribution in [-0.4, -0.2) is 48.6 Å². The minimum absolute atomic E-state index is 0.0535. The Kier molecular flexibility index (Phi) is 14.3. The summed E-state index contributed by atoms with van der Waals surface area (Å²) in [6.45, 7) is 0.201. The summed E-state index contributed by atoms with van der Waals surface area (Å²) in [5, 5.41) is 12.5. The Labute approximate surface area is 337 Å². The summed E-state index contributed by atoms with van der Waals surface area (Å²) in [5.41, 5.74) is 11.5. The second-order valence-electron chi connectivity index (χ2n) is 14.2. The molecule has 0 aliphatic carbocycles. The number of hydrogen-bond donors (Lipinski definition) is 3. The molecule has 0 spiro atoms. The van der Waals surface area contributed by atoms with Crippen LogP contribution in [0.2, 0.25) is 0 Å². The van der Waals surface area contributed by atoms with Crippen molar-refractivity contribution in [1.29, 1.82) is 0 Å².